The number of rotatable bonds is 6. The largest absolute Gasteiger partial charge is 0.483 e. The van der Waals surface area contributed by atoms with E-state index in [1.807, 2.05) is 0 Å². The van der Waals surface area contributed by atoms with E-state index in [2.05, 4.69) is 5.32 Å². The maximum Gasteiger partial charge on any atom is 0.271 e. The Hall–Kier alpha value is -3.69. The summed E-state index contributed by atoms with van der Waals surface area (Å²) in [4.78, 5) is 26.6. The first-order chi connectivity index (χ1) is 16.3. The van der Waals surface area contributed by atoms with E-state index in [0.29, 0.717) is 27.7 Å². The molecule has 3 aromatic rings. The van der Waals surface area contributed by atoms with Crippen LogP contribution in [0.3, 0.4) is 0 Å². The first-order valence-electron chi connectivity index (χ1n) is 9.86. The van der Waals surface area contributed by atoms with Crippen LogP contribution in [0, 0.1) is 17.0 Å². The SMILES string of the molecule is N=C1S/C(=C\c2cc(Cl)ccc2OCC(=O)Nc2ccc(F)cc2)C(=O)N1c1ccc(F)cc1. The molecule has 0 aromatic heterocycles. The molecule has 0 spiro atoms. The van der Waals surface area contributed by atoms with Crippen LogP contribution in [0.25, 0.3) is 6.08 Å². The molecule has 0 saturated carbocycles. The lowest BCUT2D eigenvalue weighted by Crippen LogP contribution is -2.28. The third-order valence-electron chi connectivity index (χ3n) is 4.65. The van der Waals surface area contributed by atoms with Crippen LogP contribution in [-0.4, -0.2) is 23.6 Å². The van der Waals surface area contributed by atoms with Crippen molar-refractivity contribution in [3.63, 3.8) is 0 Å². The second-order valence-corrected chi connectivity index (χ2v) is 8.53. The van der Waals surface area contributed by atoms with Crippen molar-refractivity contribution in [1.29, 1.82) is 5.41 Å². The molecular weight excluding hydrogens is 484 g/mol. The van der Waals surface area contributed by atoms with Gasteiger partial charge in [-0.05, 0) is 84.6 Å². The number of nitrogens with zero attached hydrogens (tertiary/aromatic N) is 1. The zero-order valence-electron chi connectivity index (χ0n) is 17.3. The number of halogens is 3. The average molecular weight is 500 g/mol. The maximum absolute atomic E-state index is 13.2. The fourth-order valence-corrected chi connectivity index (χ4v) is 4.12. The number of ether oxygens (including phenoxy) is 1. The number of hydrogen-bond donors (Lipinski definition) is 2. The van der Waals surface area contributed by atoms with Gasteiger partial charge in [-0.2, -0.15) is 0 Å². The van der Waals surface area contributed by atoms with Crippen molar-refractivity contribution in [2.45, 2.75) is 0 Å². The lowest BCUT2D eigenvalue weighted by Gasteiger charge is -2.14. The van der Waals surface area contributed by atoms with Gasteiger partial charge in [0.2, 0.25) is 0 Å². The van der Waals surface area contributed by atoms with Gasteiger partial charge in [0.25, 0.3) is 11.8 Å². The van der Waals surface area contributed by atoms with Gasteiger partial charge in [0.15, 0.2) is 11.8 Å². The van der Waals surface area contributed by atoms with Crippen LogP contribution in [0.2, 0.25) is 5.02 Å². The normalized spacial score (nSPS) is 14.6. The summed E-state index contributed by atoms with van der Waals surface area (Å²) in [5.41, 5.74) is 1.22. The fraction of sp³-hybridized carbons (Fsp3) is 0.0417. The topological polar surface area (TPSA) is 82.5 Å². The van der Waals surface area contributed by atoms with Gasteiger partial charge in [0, 0.05) is 16.3 Å². The molecule has 0 bridgehead atoms. The highest BCUT2D eigenvalue weighted by Crippen LogP contribution is 2.37. The lowest BCUT2D eigenvalue weighted by molar-refractivity contribution is -0.118. The second kappa shape index (κ2) is 10.1. The second-order valence-electron chi connectivity index (χ2n) is 7.06. The summed E-state index contributed by atoms with van der Waals surface area (Å²) in [6, 6.07) is 15.3. The minimum absolute atomic E-state index is 0.0361. The summed E-state index contributed by atoms with van der Waals surface area (Å²) in [5.74, 6) is -1.49. The quantitative estimate of drug-likeness (QED) is 0.427. The lowest BCUT2D eigenvalue weighted by atomic mass is 10.1. The Morgan fingerprint density at radius 2 is 1.71 bits per heavy atom. The Balaban J connectivity index is 1.51. The first kappa shape index (κ1) is 23.5. The van der Waals surface area contributed by atoms with Gasteiger partial charge in [-0.15, -0.1) is 0 Å². The molecule has 3 aromatic carbocycles. The van der Waals surface area contributed by atoms with Crippen LogP contribution in [0.5, 0.6) is 5.75 Å². The number of carbonyl (C=O) groups is 2. The number of hydrogen-bond acceptors (Lipinski definition) is 5. The molecule has 0 unspecified atom stereocenters. The van der Waals surface area contributed by atoms with Crippen molar-refractivity contribution in [1.82, 2.24) is 0 Å². The van der Waals surface area contributed by atoms with Crippen molar-refractivity contribution in [3.8, 4) is 5.75 Å². The van der Waals surface area contributed by atoms with E-state index in [1.54, 1.807) is 18.2 Å². The number of amides is 2. The molecule has 4 rings (SSSR count). The van der Waals surface area contributed by atoms with Crippen LogP contribution in [0.4, 0.5) is 20.2 Å². The molecule has 34 heavy (non-hydrogen) atoms. The maximum atomic E-state index is 13.2. The Morgan fingerprint density at radius 3 is 2.38 bits per heavy atom. The van der Waals surface area contributed by atoms with Crippen LogP contribution in [0.15, 0.2) is 71.6 Å². The number of amidine groups is 1. The van der Waals surface area contributed by atoms with Gasteiger partial charge >= 0.3 is 0 Å². The third-order valence-corrected chi connectivity index (χ3v) is 5.78. The van der Waals surface area contributed by atoms with E-state index in [9.17, 15) is 18.4 Å². The van der Waals surface area contributed by atoms with E-state index in [4.69, 9.17) is 21.7 Å². The predicted molar refractivity (Wildman–Crippen MR) is 129 cm³/mol. The molecule has 2 amide bonds. The highest BCUT2D eigenvalue weighted by molar-refractivity contribution is 8.19. The number of benzene rings is 3. The van der Waals surface area contributed by atoms with Crippen molar-refractivity contribution in [3.05, 3.63) is 93.9 Å². The number of nitrogens with one attached hydrogen (secondary N) is 2. The molecular formula is C24H16ClF2N3O3S. The zero-order valence-corrected chi connectivity index (χ0v) is 18.9. The predicted octanol–water partition coefficient (Wildman–Crippen LogP) is 5.69. The van der Waals surface area contributed by atoms with Crippen LogP contribution in [-0.2, 0) is 9.59 Å². The molecule has 1 heterocycles. The van der Waals surface area contributed by atoms with E-state index in [1.165, 1.54) is 54.6 Å². The summed E-state index contributed by atoms with van der Waals surface area (Å²) in [7, 11) is 0. The van der Waals surface area contributed by atoms with Crippen molar-refractivity contribution >= 4 is 57.8 Å². The van der Waals surface area contributed by atoms with Gasteiger partial charge in [0.1, 0.15) is 17.4 Å². The van der Waals surface area contributed by atoms with Gasteiger partial charge in [-0.25, -0.2) is 8.78 Å². The smallest absolute Gasteiger partial charge is 0.271 e. The molecule has 6 nitrogen and oxygen atoms in total. The molecule has 1 fully saturated rings. The van der Waals surface area contributed by atoms with Crippen molar-refractivity contribution in [2.75, 3.05) is 16.8 Å². The highest BCUT2D eigenvalue weighted by atomic mass is 35.5. The van der Waals surface area contributed by atoms with E-state index in [-0.39, 0.29) is 16.7 Å². The Bertz CT molecular complexity index is 1300. The van der Waals surface area contributed by atoms with Crippen LogP contribution < -0.4 is 15.0 Å². The molecule has 2 N–H and O–H groups in total. The zero-order chi connectivity index (χ0) is 24.2. The molecule has 1 aliphatic rings. The minimum Gasteiger partial charge on any atom is -0.483 e. The Labute approximate surface area is 202 Å². The molecule has 1 saturated heterocycles. The number of carbonyl (C=O) groups excluding carboxylic acids is 2. The Morgan fingerprint density at radius 1 is 1.06 bits per heavy atom. The Kier molecular flexibility index (Phi) is 6.95. The fourth-order valence-electron chi connectivity index (χ4n) is 3.09. The van der Waals surface area contributed by atoms with Crippen LogP contribution in [0.1, 0.15) is 5.56 Å². The van der Waals surface area contributed by atoms with Gasteiger partial charge < -0.3 is 10.1 Å². The van der Waals surface area contributed by atoms with E-state index in [0.717, 1.165) is 16.7 Å². The molecule has 0 atom stereocenters. The summed E-state index contributed by atoms with van der Waals surface area (Å²) < 4.78 is 31.9. The molecule has 10 heteroatoms. The summed E-state index contributed by atoms with van der Waals surface area (Å²) in [5, 5.41) is 11.1. The van der Waals surface area contributed by atoms with Crippen LogP contribution >= 0.6 is 23.4 Å². The summed E-state index contributed by atoms with van der Waals surface area (Å²) in [6.45, 7) is -0.339. The van der Waals surface area contributed by atoms with Gasteiger partial charge in [-0.3, -0.25) is 19.9 Å². The van der Waals surface area contributed by atoms with Gasteiger partial charge in [-0.1, -0.05) is 11.6 Å². The summed E-state index contributed by atoms with van der Waals surface area (Å²) in [6.07, 6.45) is 1.52. The standard InChI is InChI=1S/C24H16ClF2N3O3S/c25-15-1-10-20(33-13-22(31)29-18-6-2-16(26)3-7-18)14(11-15)12-21-23(32)30(24(28)34-21)19-8-4-17(27)5-9-19/h1-12,28H,13H2,(H,29,31)/b21-12-,28-24?. The number of anilines is 2. The highest BCUT2D eigenvalue weighted by Gasteiger charge is 2.33. The van der Waals surface area contributed by atoms with Crippen molar-refractivity contribution in [2.24, 2.45) is 0 Å². The third kappa shape index (κ3) is 5.44. The monoisotopic (exact) mass is 499 g/mol. The molecule has 0 radical (unpaired) electrons. The molecule has 172 valence electrons. The average Bonchev–Trinajstić information content (AvgIpc) is 3.08. The van der Waals surface area contributed by atoms with E-state index < -0.39 is 23.4 Å². The van der Waals surface area contributed by atoms with Gasteiger partial charge in [0.05, 0.1) is 10.6 Å². The molecule has 0 aliphatic carbocycles. The van der Waals surface area contributed by atoms with E-state index >= 15 is 0 Å². The van der Waals surface area contributed by atoms with Crippen molar-refractivity contribution < 1.29 is 23.1 Å². The number of thioether (sulfide) groups is 1. The summed E-state index contributed by atoms with van der Waals surface area (Å²) >= 11 is 7.05. The molecule has 1 aliphatic heterocycles. The first-order valence-corrected chi connectivity index (χ1v) is 11.1. The minimum atomic E-state index is -0.462.